The van der Waals surface area contributed by atoms with E-state index in [1.165, 1.54) is 6.08 Å². The minimum atomic E-state index is -0.571. The van der Waals surface area contributed by atoms with Crippen molar-refractivity contribution >= 4 is 17.6 Å². The normalized spacial score (nSPS) is 12.0. The Bertz CT molecular complexity index is 969. The fraction of sp³-hybridized carbons (Fsp3) is 0.238. The van der Waals surface area contributed by atoms with Gasteiger partial charge in [0.2, 0.25) is 0 Å². The Hall–Kier alpha value is -2.96. The van der Waals surface area contributed by atoms with Crippen LogP contribution in [0, 0.1) is 0 Å². The summed E-state index contributed by atoms with van der Waals surface area (Å²) in [5.74, 6) is -0.571. The second kappa shape index (κ2) is 7.73. The summed E-state index contributed by atoms with van der Waals surface area (Å²) >= 11 is 0. The van der Waals surface area contributed by atoms with Crippen LogP contribution >= 0.6 is 0 Å². The molecule has 0 saturated carbocycles. The van der Waals surface area contributed by atoms with Gasteiger partial charge in [-0.2, -0.15) is 0 Å². The van der Waals surface area contributed by atoms with Crippen LogP contribution in [0.2, 0.25) is 0 Å². The van der Waals surface area contributed by atoms with Gasteiger partial charge in [0.25, 0.3) is 5.91 Å². The van der Waals surface area contributed by atoms with Gasteiger partial charge in [-0.15, -0.1) is 0 Å². The predicted molar refractivity (Wildman–Crippen MR) is 106 cm³/mol. The summed E-state index contributed by atoms with van der Waals surface area (Å²) in [5.41, 5.74) is 6.26. The lowest BCUT2D eigenvalue weighted by atomic mass is 10.1. The van der Waals surface area contributed by atoms with Crippen molar-refractivity contribution in [3.8, 4) is 11.3 Å². The molecule has 0 fully saturated rings. The molecule has 0 aliphatic heterocycles. The summed E-state index contributed by atoms with van der Waals surface area (Å²) in [6.45, 7) is 7.07. The number of hydrogen-bond acceptors (Lipinski definition) is 4. The first-order valence-electron chi connectivity index (χ1n) is 8.81. The first-order valence-corrected chi connectivity index (χ1v) is 8.81. The number of carbonyl (C=O) groups is 1. The maximum Gasteiger partial charge on any atom is 0.267 e. The molecule has 140 valence electrons. The van der Waals surface area contributed by atoms with Crippen LogP contribution in [0.4, 0.5) is 0 Å². The van der Waals surface area contributed by atoms with E-state index in [-0.39, 0.29) is 5.54 Å². The van der Waals surface area contributed by atoms with Gasteiger partial charge < -0.3 is 9.72 Å². The van der Waals surface area contributed by atoms with E-state index in [1.807, 2.05) is 36.5 Å². The molecule has 0 radical (unpaired) electrons. The number of nitrogens with zero attached hydrogens (tertiary/aromatic N) is 2. The van der Waals surface area contributed by atoms with Gasteiger partial charge in [-0.25, -0.2) is 10.5 Å². The van der Waals surface area contributed by atoms with Crippen molar-refractivity contribution < 1.29 is 10.0 Å². The van der Waals surface area contributed by atoms with Crippen molar-refractivity contribution in [3.05, 3.63) is 66.0 Å². The second-order valence-electron chi connectivity index (χ2n) is 7.37. The molecular weight excluding hydrogens is 340 g/mol. The zero-order chi connectivity index (χ0) is 19.4. The molecule has 6 heteroatoms. The highest BCUT2D eigenvalue weighted by Crippen LogP contribution is 2.25. The summed E-state index contributed by atoms with van der Waals surface area (Å²) < 4.78 is 2.06. The molecule has 2 aromatic heterocycles. The predicted octanol–water partition coefficient (Wildman–Crippen LogP) is 3.41. The molecule has 3 aromatic rings. The van der Waals surface area contributed by atoms with Crippen LogP contribution in [0.15, 0.2) is 54.7 Å². The summed E-state index contributed by atoms with van der Waals surface area (Å²) in [6.07, 6.45) is 4.86. The zero-order valence-electron chi connectivity index (χ0n) is 15.7. The molecule has 0 atom stereocenters. The lowest BCUT2D eigenvalue weighted by Gasteiger charge is -2.20. The van der Waals surface area contributed by atoms with Gasteiger partial charge in [0.05, 0.1) is 11.4 Å². The number of hydroxylamine groups is 1. The topological polar surface area (TPSA) is 78.7 Å². The number of pyridine rings is 1. The van der Waals surface area contributed by atoms with Crippen molar-refractivity contribution in [1.82, 2.24) is 20.2 Å². The Morgan fingerprint density at radius 1 is 1.22 bits per heavy atom. The molecule has 0 bridgehead atoms. The van der Waals surface area contributed by atoms with Crippen molar-refractivity contribution in [2.75, 3.05) is 0 Å². The van der Waals surface area contributed by atoms with Crippen LogP contribution < -0.4 is 10.8 Å². The molecule has 27 heavy (non-hydrogen) atoms. The molecule has 1 amide bonds. The third-order valence-corrected chi connectivity index (χ3v) is 4.12. The third-order valence-electron chi connectivity index (χ3n) is 4.12. The summed E-state index contributed by atoms with van der Waals surface area (Å²) in [5, 5.41) is 12.1. The van der Waals surface area contributed by atoms with E-state index in [4.69, 9.17) is 10.2 Å². The number of carbonyl (C=O) groups excluding carboxylic acids is 1. The van der Waals surface area contributed by atoms with Gasteiger partial charge in [-0.3, -0.25) is 10.0 Å². The molecule has 0 aliphatic rings. The van der Waals surface area contributed by atoms with Crippen LogP contribution in [0.5, 0.6) is 0 Å². The number of amides is 1. The standard InChI is InChI=1S/C21H24N4O2/c1-21(2,3)22-14-17-20(16-7-5-4-6-8-16)23-18-13-15(11-12-25(17)18)9-10-19(26)24-27/h4-13,22,27H,14H2,1-3H3,(H,24,26)/b10-9+. The number of benzene rings is 1. The highest BCUT2D eigenvalue weighted by atomic mass is 16.5. The summed E-state index contributed by atoms with van der Waals surface area (Å²) in [4.78, 5) is 16.0. The van der Waals surface area contributed by atoms with E-state index < -0.39 is 5.91 Å². The van der Waals surface area contributed by atoms with E-state index in [0.717, 1.165) is 28.2 Å². The highest BCUT2D eigenvalue weighted by Gasteiger charge is 2.17. The van der Waals surface area contributed by atoms with E-state index in [2.05, 4.69) is 42.6 Å². The maximum absolute atomic E-state index is 11.2. The minimum absolute atomic E-state index is 0.0154. The van der Waals surface area contributed by atoms with E-state index in [0.29, 0.717) is 6.54 Å². The van der Waals surface area contributed by atoms with Gasteiger partial charge in [-0.05, 0) is 44.5 Å². The number of imidazole rings is 1. The summed E-state index contributed by atoms with van der Waals surface area (Å²) in [7, 11) is 0. The lowest BCUT2D eigenvalue weighted by molar-refractivity contribution is -0.124. The third kappa shape index (κ3) is 4.61. The van der Waals surface area contributed by atoms with E-state index >= 15 is 0 Å². The lowest BCUT2D eigenvalue weighted by Crippen LogP contribution is -2.35. The molecular formula is C21H24N4O2. The molecule has 3 N–H and O–H groups in total. The Balaban J connectivity index is 2.06. The number of aromatic nitrogens is 2. The number of fused-ring (bicyclic) bond motifs is 1. The first kappa shape index (κ1) is 18.8. The van der Waals surface area contributed by atoms with Crippen LogP contribution in [0.1, 0.15) is 32.0 Å². The molecule has 0 aliphatic carbocycles. The van der Waals surface area contributed by atoms with Gasteiger partial charge in [-0.1, -0.05) is 30.3 Å². The molecule has 6 nitrogen and oxygen atoms in total. The van der Waals surface area contributed by atoms with Gasteiger partial charge in [0.1, 0.15) is 5.65 Å². The maximum atomic E-state index is 11.2. The average molecular weight is 364 g/mol. The van der Waals surface area contributed by atoms with Crippen molar-refractivity contribution in [1.29, 1.82) is 0 Å². The highest BCUT2D eigenvalue weighted by molar-refractivity contribution is 5.91. The smallest absolute Gasteiger partial charge is 0.267 e. The van der Waals surface area contributed by atoms with Gasteiger partial charge in [0.15, 0.2) is 0 Å². The average Bonchev–Trinajstić information content (AvgIpc) is 3.02. The van der Waals surface area contributed by atoms with Crippen molar-refractivity contribution in [2.45, 2.75) is 32.9 Å². The van der Waals surface area contributed by atoms with E-state index in [9.17, 15) is 4.79 Å². The molecule has 1 aromatic carbocycles. The second-order valence-corrected chi connectivity index (χ2v) is 7.37. The zero-order valence-corrected chi connectivity index (χ0v) is 15.7. The molecule has 3 rings (SSSR count). The monoisotopic (exact) mass is 364 g/mol. The van der Waals surface area contributed by atoms with Crippen LogP contribution in [0.3, 0.4) is 0 Å². The number of hydrogen-bond donors (Lipinski definition) is 3. The molecule has 2 heterocycles. The molecule has 0 spiro atoms. The van der Waals surface area contributed by atoms with Crippen molar-refractivity contribution in [2.24, 2.45) is 0 Å². The fourth-order valence-electron chi connectivity index (χ4n) is 2.77. The Kier molecular flexibility index (Phi) is 5.39. The van der Waals surface area contributed by atoms with Gasteiger partial charge >= 0.3 is 0 Å². The number of rotatable bonds is 5. The first-order chi connectivity index (χ1) is 12.9. The SMILES string of the molecule is CC(C)(C)NCc1c(-c2ccccc2)nc2cc(/C=C/C(=O)NO)ccn12. The van der Waals surface area contributed by atoms with Crippen LogP contribution in [-0.4, -0.2) is 26.0 Å². The van der Waals surface area contributed by atoms with E-state index in [1.54, 1.807) is 11.6 Å². The largest absolute Gasteiger partial charge is 0.306 e. The fourth-order valence-corrected chi connectivity index (χ4v) is 2.77. The van der Waals surface area contributed by atoms with Crippen molar-refractivity contribution in [3.63, 3.8) is 0 Å². The Morgan fingerprint density at radius 3 is 2.63 bits per heavy atom. The van der Waals surface area contributed by atoms with Crippen LogP contribution in [-0.2, 0) is 11.3 Å². The van der Waals surface area contributed by atoms with Crippen LogP contribution in [0.25, 0.3) is 23.0 Å². The summed E-state index contributed by atoms with van der Waals surface area (Å²) in [6, 6.07) is 13.9. The molecule has 0 unspecified atom stereocenters. The number of nitrogens with one attached hydrogen (secondary N) is 2. The minimum Gasteiger partial charge on any atom is -0.306 e. The Labute approximate surface area is 158 Å². The Morgan fingerprint density at radius 2 is 1.96 bits per heavy atom. The quantitative estimate of drug-likeness (QED) is 0.368. The molecule has 0 saturated heterocycles. The van der Waals surface area contributed by atoms with Gasteiger partial charge in [0, 0.05) is 29.9 Å².